The van der Waals surface area contributed by atoms with Crippen molar-refractivity contribution in [3.8, 4) is 0 Å². The summed E-state index contributed by atoms with van der Waals surface area (Å²) in [5.41, 5.74) is 1.68. The van der Waals surface area contributed by atoms with Gasteiger partial charge in [0.2, 0.25) is 0 Å². The number of hydrogen-bond donors (Lipinski definition) is 0. The van der Waals surface area contributed by atoms with E-state index < -0.39 is 5.24 Å². The van der Waals surface area contributed by atoms with Crippen LogP contribution < -0.4 is 4.90 Å². The zero-order valence-corrected chi connectivity index (χ0v) is 13.2. The van der Waals surface area contributed by atoms with Crippen LogP contribution in [-0.2, 0) is 0 Å². The number of aromatic nitrogens is 1. The lowest BCUT2D eigenvalue weighted by Gasteiger charge is -2.41. The van der Waals surface area contributed by atoms with Crippen molar-refractivity contribution >= 4 is 22.7 Å². The molecule has 1 aromatic heterocycles. The highest BCUT2D eigenvalue weighted by Gasteiger charge is 2.29. The molecule has 0 bridgehead atoms. The molecule has 1 aliphatic heterocycles. The number of pyridine rings is 1. The molecule has 0 N–H and O–H groups in total. The second-order valence-corrected chi connectivity index (χ2v) is 5.87. The maximum atomic E-state index is 11.7. The normalized spacial score (nSPS) is 19.2. The van der Waals surface area contributed by atoms with Crippen LogP contribution in [0.2, 0.25) is 0 Å². The second-order valence-electron chi connectivity index (χ2n) is 5.53. The molecule has 0 aliphatic carbocycles. The van der Waals surface area contributed by atoms with E-state index in [-0.39, 0.29) is 6.04 Å². The fourth-order valence-corrected chi connectivity index (χ4v) is 3.06. The van der Waals surface area contributed by atoms with Gasteiger partial charge in [-0.25, -0.2) is 4.98 Å². The molecular weight excluding hydrogens is 298 g/mol. The van der Waals surface area contributed by atoms with Gasteiger partial charge in [-0.05, 0) is 36.3 Å². The van der Waals surface area contributed by atoms with E-state index in [0.29, 0.717) is 11.4 Å². The summed E-state index contributed by atoms with van der Waals surface area (Å²) >= 11 is 5.73. The quantitative estimate of drug-likeness (QED) is 0.816. The first-order valence-corrected chi connectivity index (χ1v) is 7.69. The predicted octanol–water partition coefficient (Wildman–Crippen LogP) is 2.95. The number of halogens is 1. The Morgan fingerprint density at radius 1 is 1.18 bits per heavy atom. The molecule has 1 fully saturated rings. The molecule has 5 heteroatoms. The summed E-state index contributed by atoms with van der Waals surface area (Å²) in [5.74, 6) is 0.671. The SMILES string of the molecule is CN1CCN(c2ncccc2C(=O)Cl)C(c2ccccc2)C1. The Morgan fingerprint density at radius 3 is 2.68 bits per heavy atom. The lowest BCUT2D eigenvalue weighted by Crippen LogP contribution is -2.47. The van der Waals surface area contributed by atoms with Crippen molar-refractivity contribution in [2.24, 2.45) is 0 Å². The topological polar surface area (TPSA) is 36.4 Å². The molecule has 2 heterocycles. The van der Waals surface area contributed by atoms with Gasteiger partial charge in [0.05, 0.1) is 11.6 Å². The molecule has 3 rings (SSSR count). The molecule has 0 radical (unpaired) electrons. The third-order valence-corrected chi connectivity index (χ3v) is 4.24. The van der Waals surface area contributed by atoms with Gasteiger partial charge in [0.15, 0.2) is 0 Å². The predicted molar refractivity (Wildman–Crippen MR) is 88.4 cm³/mol. The standard InChI is InChI=1S/C17H18ClN3O/c1-20-10-11-21(15(12-20)13-6-3-2-4-7-13)17-14(16(18)22)8-5-9-19-17/h2-9,15H,10-12H2,1H3. The van der Waals surface area contributed by atoms with Crippen LogP contribution >= 0.6 is 11.6 Å². The van der Waals surface area contributed by atoms with Crippen LogP contribution in [0.5, 0.6) is 0 Å². The van der Waals surface area contributed by atoms with E-state index in [9.17, 15) is 4.79 Å². The van der Waals surface area contributed by atoms with Gasteiger partial charge in [-0.1, -0.05) is 30.3 Å². The second kappa shape index (κ2) is 6.46. The van der Waals surface area contributed by atoms with Crippen LogP contribution in [0.1, 0.15) is 22.0 Å². The van der Waals surface area contributed by atoms with Crippen molar-refractivity contribution in [1.82, 2.24) is 9.88 Å². The third kappa shape index (κ3) is 2.98. The number of anilines is 1. The van der Waals surface area contributed by atoms with Crippen LogP contribution in [0.25, 0.3) is 0 Å². The van der Waals surface area contributed by atoms with Gasteiger partial charge in [-0.2, -0.15) is 0 Å². The van der Waals surface area contributed by atoms with E-state index in [1.807, 2.05) is 18.2 Å². The number of nitrogens with zero attached hydrogens (tertiary/aromatic N) is 3. The van der Waals surface area contributed by atoms with E-state index in [4.69, 9.17) is 11.6 Å². The van der Waals surface area contributed by atoms with Crippen LogP contribution in [0.4, 0.5) is 5.82 Å². The summed E-state index contributed by atoms with van der Waals surface area (Å²) in [6, 6.07) is 13.9. The minimum absolute atomic E-state index is 0.157. The molecule has 114 valence electrons. The Kier molecular flexibility index (Phi) is 4.41. The van der Waals surface area contributed by atoms with Crippen molar-refractivity contribution in [2.45, 2.75) is 6.04 Å². The minimum Gasteiger partial charge on any atom is -0.346 e. The summed E-state index contributed by atoms with van der Waals surface area (Å²) in [6.07, 6.45) is 1.71. The Labute approximate surface area is 135 Å². The molecule has 1 atom stereocenters. The largest absolute Gasteiger partial charge is 0.346 e. The van der Waals surface area contributed by atoms with E-state index in [2.05, 4.69) is 34.0 Å². The Balaban J connectivity index is 2.02. The van der Waals surface area contributed by atoms with E-state index in [0.717, 1.165) is 19.6 Å². The molecule has 1 saturated heterocycles. The van der Waals surface area contributed by atoms with Crippen LogP contribution in [0, 0.1) is 0 Å². The number of rotatable bonds is 3. The maximum absolute atomic E-state index is 11.7. The first kappa shape index (κ1) is 15.0. The van der Waals surface area contributed by atoms with Gasteiger partial charge in [0.25, 0.3) is 5.24 Å². The number of carbonyl (C=O) groups is 1. The molecule has 1 aromatic carbocycles. The molecule has 1 aliphatic rings. The maximum Gasteiger partial charge on any atom is 0.256 e. The van der Waals surface area contributed by atoms with Crippen molar-refractivity contribution < 1.29 is 4.79 Å². The minimum atomic E-state index is -0.464. The van der Waals surface area contributed by atoms with E-state index in [1.54, 1.807) is 18.3 Å². The lowest BCUT2D eigenvalue weighted by molar-refractivity contribution is 0.108. The number of piperazine rings is 1. The summed E-state index contributed by atoms with van der Waals surface area (Å²) in [7, 11) is 2.11. The van der Waals surface area contributed by atoms with Gasteiger partial charge in [-0.15, -0.1) is 0 Å². The first-order valence-electron chi connectivity index (χ1n) is 7.32. The van der Waals surface area contributed by atoms with Gasteiger partial charge in [0.1, 0.15) is 5.82 Å². The molecule has 0 amide bonds. The third-order valence-electron chi connectivity index (χ3n) is 4.04. The smallest absolute Gasteiger partial charge is 0.256 e. The number of likely N-dealkylation sites (N-methyl/N-ethyl adjacent to an activating group) is 1. The number of hydrogen-bond acceptors (Lipinski definition) is 4. The van der Waals surface area contributed by atoms with Crippen molar-refractivity contribution in [2.75, 3.05) is 31.6 Å². The van der Waals surface area contributed by atoms with E-state index in [1.165, 1.54) is 5.56 Å². The lowest BCUT2D eigenvalue weighted by atomic mass is 10.0. The molecule has 1 unspecified atom stereocenters. The van der Waals surface area contributed by atoms with Crippen molar-refractivity contribution in [3.05, 3.63) is 59.8 Å². The van der Waals surface area contributed by atoms with Crippen LogP contribution in [0.3, 0.4) is 0 Å². The average molecular weight is 316 g/mol. The average Bonchev–Trinajstić information content (AvgIpc) is 2.55. The van der Waals surface area contributed by atoms with Gasteiger partial charge < -0.3 is 9.80 Å². The highest BCUT2D eigenvalue weighted by molar-refractivity contribution is 6.68. The summed E-state index contributed by atoms with van der Waals surface area (Å²) in [6.45, 7) is 2.62. The number of carbonyl (C=O) groups excluding carboxylic acids is 1. The van der Waals surface area contributed by atoms with Crippen LogP contribution in [-0.4, -0.2) is 41.8 Å². The fourth-order valence-electron chi connectivity index (χ4n) is 2.91. The Bertz CT molecular complexity index is 662. The van der Waals surface area contributed by atoms with Crippen molar-refractivity contribution in [1.29, 1.82) is 0 Å². The molecule has 2 aromatic rings. The van der Waals surface area contributed by atoms with Gasteiger partial charge in [0, 0.05) is 25.8 Å². The highest BCUT2D eigenvalue weighted by atomic mass is 35.5. The van der Waals surface area contributed by atoms with Gasteiger partial charge >= 0.3 is 0 Å². The zero-order chi connectivity index (χ0) is 15.5. The summed E-state index contributed by atoms with van der Waals surface area (Å²) in [4.78, 5) is 20.6. The molecule has 0 spiro atoms. The van der Waals surface area contributed by atoms with Crippen LogP contribution in [0.15, 0.2) is 48.7 Å². The molecular formula is C17H18ClN3O. The van der Waals surface area contributed by atoms with Crippen molar-refractivity contribution in [3.63, 3.8) is 0 Å². The molecule has 0 saturated carbocycles. The van der Waals surface area contributed by atoms with E-state index >= 15 is 0 Å². The molecule has 4 nitrogen and oxygen atoms in total. The summed E-state index contributed by atoms with van der Waals surface area (Å²) < 4.78 is 0. The fraction of sp³-hybridized carbons (Fsp3) is 0.294. The molecule has 22 heavy (non-hydrogen) atoms. The monoisotopic (exact) mass is 315 g/mol. The first-order chi connectivity index (χ1) is 10.7. The zero-order valence-electron chi connectivity index (χ0n) is 12.4. The number of benzene rings is 1. The Morgan fingerprint density at radius 2 is 1.95 bits per heavy atom. The summed E-state index contributed by atoms with van der Waals surface area (Å²) in [5, 5.41) is -0.464. The van der Waals surface area contributed by atoms with Gasteiger partial charge in [-0.3, -0.25) is 4.79 Å². The Hall–Kier alpha value is -1.91. The highest BCUT2D eigenvalue weighted by Crippen LogP contribution is 2.31.